The first-order chi connectivity index (χ1) is 43.8. The smallest absolute Gasteiger partial charge is 0.394 e. The van der Waals surface area contributed by atoms with Crippen LogP contribution in [0.25, 0.3) is 66.8 Å². The predicted molar refractivity (Wildman–Crippen MR) is 331 cm³/mol. The fraction of sp³-hybridized carbons (Fsp3) is 0.348. The summed E-state index contributed by atoms with van der Waals surface area (Å²) in [5.41, 5.74) is -7.98. The number of rotatable bonds is 15. The van der Waals surface area contributed by atoms with Crippen LogP contribution in [0, 0.1) is 5.41 Å². The highest BCUT2D eigenvalue weighted by Gasteiger charge is 2.63. The van der Waals surface area contributed by atoms with Crippen LogP contribution in [0.4, 0.5) is 39.5 Å². The van der Waals surface area contributed by atoms with Crippen molar-refractivity contribution in [2.24, 2.45) is 5.41 Å². The quantitative estimate of drug-likeness (QED) is 0.0429. The van der Waals surface area contributed by atoms with Gasteiger partial charge in [-0.3, -0.25) is 14.0 Å². The number of hydrogen-bond donors (Lipinski definition) is 10. The van der Waals surface area contributed by atoms with E-state index in [1.807, 2.05) is 6.07 Å². The Morgan fingerprint density at radius 3 is 1.18 bits per heavy atom. The number of aryl methyl sites for hydroxylation is 1. The molecule has 0 saturated carbocycles. The molecule has 3 unspecified atom stereocenters. The molecular weight excluding hydrogens is 1240 g/mol. The van der Waals surface area contributed by atoms with Gasteiger partial charge in [-0.05, 0) is 80.8 Å². The minimum absolute atomic E-state index is 0. The average molecular weight is 1320 g/mol. The van der Waals surface area contributed by atoms with E-state index in [-0.39, 0.29) is 89.3 Å². The van der Waals surface area contributed by atoms with Gasteiger partial charge in [0.1, 0.15) is 11.1 Å². The summed E-state index contributed by atoms with van der Waals surface area (Å²) in [5.74, 6) is 0. The van der Waals surface area contributed by atoms with Gasteiger partial charge in [0.25, 0.3) is 0 Å². The minimum atomic E-state index is -4.93. The topological polar surface area (TPSA) is 256 Å². The summed E-state index contributed by atoms with van der Waals surface area (Å²) >= 11 is 0. The number of fused-ring (bicyclic) bond motifs is 9. The Morgan fingerprint density at radius 1 is 0.415 bits per heavy atom. The van der Waals surface area contributed by atoms with Crippen molar-refractivity contribution < 1.29 is 90.6 Å². The molecule has 500 valence electrons. The van der Waals surface area contributed by atoms with Crippen LogP contribution in [0.5, 0.6) is 0 Å². The molecule has 25 heteroatoms. The largest absolute Gasteiger partial charge is 0.425 e. The summed E-state index contributed by atoms with van der Waals surface area (Å²) in [4.78, 5) is 0. The minimum Gasteiger partial charge on any atom is -0.394 e. The maximum absolute atomic E-state index is 14.4. The van der Waals surface area contributed by atoms with Gasteiger partial charge in [0.15, 0.2) is 0 Å². The van der Waals surface area contributed by atoms with Crippen LogP contribution < -0.4 is 0 Å². The fourth-order valence-corrected chi connectivity index (χ4v) is 12.3. The van der Waals surface area contributed by atoms with Crippen molar-refractivity contribution in [3.8, 4) is 66.8 Å². The van der Waals surface area contributed by atoms with Gasteiger partial charge < -0.3 is 51.1 Å². The molecule has 0 fully saturated rings. The normalized spacial score (nSPS) is 18.0. The number of aliphatic hydroxyl groups is 10. The highest BCUT2D eigenvalue weighted by molar-refractivity contribution is 5.95. The molecule has 12 rings (SSSR count). The Hall–Kier alpha value is -8.08. The van der Waals surface area contributed by atoms with Crippen molar-refractivity contribution in [1.82, 2.24) is 29.3 Å². The van der Waals surface area contributed by atoms with E-state index in [1.165, 1.54) is 112 Å². The maximum Gasteiger partial charge on any atom is 0.425 e. The third-order valence-corrected chi connectivity index (χ3v) is 17.7. The summed E-state index contributed by atoms with van der Waals surface area (Å²) in [7, 11) is 0. The van der Waals surface area contributed by atoms with Gasteiger partial charge in [-0.1, -0.05) is 150 Å². The summed E-state index contributed by atoms with van der Waals surface area (Å²) in [6, 6.07) is 29.1. The lowest BCUT2D eigenvalue weighted by Gasteiger charge is -2.29. The molecule has 3 atom stereocenters. The van der Waals surface area contributed by atoms with Crippen LogP contribution in [-0.4, -0.2) is 145 Å². The average Bonchev–Trinajstić information content (AvgIpc) is 1.56. The second-order valence-electron chi connectivity index (χ2n) is 24.9. The van der Waals surface area contributed by atoms with Crippen LogP contribution in [0.1, 0.15) is 86.5 Å². The zero-order valence-electron chi connectivity index (χ0n) is 50.5. The van der Waals surface area contributed by atoms with E-state index in [1.54, 1.807) is 61.8 Å². The van der Waals surface area contributed by atoms with Crippen molar-refractivity contribution in [3.63, 3.8) is 0 Å². The molecule has 3 aromatic heterocycles. The van der Waals surface area contributed by atoms with E-state index in [9.17, 15) is 90.6 Å². The zero-order chi connectivity index (χ0) is 67.6. The van der Waals surface area contributed by atoms with Crippen molar-refractivity contribution >= 4 is 0 Å². The molecule has 0 saturated heterocycles. The van der Waals surface area contributed by atoms with Gasteiger partial charge in [-0.15, -0.1) is 0 Å². The van der Waals surface area contributed by atoms with Crippen molar-refractivity contribution in [3.05, 3.63) is 197 Å². The Morgan fingerprint density at radius 2 is 0.777 bits per heavy atom. The van der Waals surface area contributed by atoms with Gasteiger partial charge >= 0.3 is 18.5 Å². The monoisotopic (exact) mass is 1310 g/mol. The van der Waals surface area contributed by atoms with Gasteiger partial charge in [0, 0.05) is 68.7 Å². The van der Waals surface area contributed by atoms with Crippen molar-refractivity contribution in [2.75, 3.05) is 46.2 Å². The summed E-state index contributed by atoms with van der Waals surface area (Å²) < 4.78 is 131. The van der Waals surface area contributed by atoms with Crippen LogP contribution in [0.2, 0.25) is 0 Å². The van der Waals surface area contributed by atoms with E-state index in [4.69, 9.17) is 0 Å². The first kappa shape index (κ1) is 70.2. The molecular formula is C69H71F9N6O10. The molecule has 10 N–H and O–H groups in total. The van der Waals surface area contributed by atoms with Gasteiger partial charge in [0.2, 0.25) is 16.8 Å². The Balaban J connectivity index is 0.000000166. The number of benzene rings is 6. The van der Waals surface area contributed by atoms with Crippen molar-refractivity contribution in [1.29, 1.82) is 0 Å². The van der Waals surface area contributed by atoms with Crippen molar-refractivity contribution in [2.45, 2.75) is 100 Å². The second kappa shape index (κ2) is 25.6. The Labute approximate surface area is 534 Å². The van der Waals surface area contributed by atoms with E-state index in [2.05, 4.69) is 36.1 Å². The highest BCUT2D eigenvalue weighted by atomic mass is 19.4. The third kappa shape index (κ3) is 11.5. The second-order valence-corrected chi connectivity index (χ2v) is 24.9. The molecule has 0 bridgehead atoms. The predicted octanol–water partition coefficient (Wildman–Crippen LogP) is 10.5. The van der Waals surface area contributed by atoms with Gasteiger partial charge in [-0.2, -0.15) is 54.8 Å². The number of aliphatic hydroxyl groups excluding tert-OH is 7. The molecule has 3 aliphatic rings. The zero-order valence-corrected chi connectivity index (χ0v) is 50.5. The Kier molecular flexibility index (Phi) is 19.1. The summed E-state index contributed by atoms with van der Waals surface area (Å²) in [6.45, 7) is 4.63. The highest BCUT2D eigenvalue weighted by Crippen LogP contribution is 2.60. The first-order valence-corrected chi connectivity index (χ1v) is 29.3. The molecule has 3 heterocycles. The molecule has 0 radical (unpaired) electrons. The number of hydrogen-bond acceptors (Lipinski definition) is 13. The molecule has 94 heavy (non-hydrogen) atoms. The maximum atomic E-state index is 14.4. The third-order valence-electron chi connectivity index (χ3n) is 17.7. The summed E-state index contributed by atoms with van der Waals surface area (Å²) in [6.07, 6.45) is -4.51. The summed E-state index contributed by atoms with van der Waals surface area (Å²) in [5, 5.41) is 112. The van der Waals surface area contributed by atoms with Crippen LogP contribution in [0.15, 0.2) is 159 Å². The van der Waals surface area contributed by atoms with Gasteiger partial charge in [0.05, 0.1) is 70.9 Å². The van der Waals surface area contributed by atoms with Crippen LogP contribution in [-0.2, 0) is 34.3 Å². The van der Waals surface area contributed by atoms with E-state index in [0.29, 0.717) is 62.1 Å². The van der Waals surface area contributed by atoms with E-state index in [0.717, 1.165) is 6.42 Å². The van der Waals surface area contributed by atoms with E-state index >= 15 is 0 Å². The molecule has 16 nitrogen and oxygen atoms in total. The number of alkyl halides is 9. The standard InChI is InChI=1S/C26H29F3N2O3.C21H19F3N2O4.C21H19F3N2O3.CH4/c1-24(2,3)9-8-16-10-20(17-12-30-31(13-17)18(14-32)15-33)23-19-6-4-5-7-21(19)25(34,22(23)11-16)26(27,28)29;22-21(23,24)20(30)16-6-2-1-4-15(16)18-14(5-3-7-17(18)20)13-8-25-26(9-13)19(10-27,11-28)12-29;1-19(11-27,12-28)26-10-13(9-25-26)14-6-4-8-17-18(14)15-5-2-3-7-16(15)20(17,29)21(22,23)24;/h4-7,10-13,18,32-34H,8-9,14-15H2,1-3H3;1-9,27-30H,10-12H2;2-10,27-29H,11-12H2,1H3;1H4. The van der Waals surface area contributed by atoms with Crippen LogP contribution >= 0.6 is 0 Å². The number of nitrogens with zero attached hydrogens (tertiary/aromatic N) is 6. The first-order valence-electron chi connectivity index (χ1n) is 29.3. The van der Waals surface area contributed by atoms with E-state index < -0.39 is 72.3 Å². The SMILES string of the molecule is C.CC(C)(C)CCc1cc(-c2cnn(C(CO)CO)c2)c2c(c1)C(O)(C(F)(F)F)c1ccccc1-2.CC(CO)(CO)n1cc(-c2cccc3c2-c2ccccc2C3(O)C(F)(F)F)cn1.OCC(CO)(CO)n1cc(-c2cccc3c2-c2ccccc2C3(O)C(F)(F)F)cn1. The molecule has 0 spiro atoms. The number of aromatic nitrogens is 6. The molecule has 0 amide bonds. The lowest BCUT2D eigenvalue weighted by atomic mass is 9.84. The number of halogens is 9. The lowest BCUT2D eigenvalue weighted by molar-refractivity contribution is -0.247. The fourth-order valence-electron chi connectivity index (χ4n) is 12.3. The van der Waals surface area contributed by atoms with Crippen LogP contribution in [0.3, 0.4) is 0 Å². The molecule has 9 aromatic rings. The van der Waals surface area contributed by atoms with Gasteiger partial charge in [-0.25, -0.2) is 0 Å². The molecule has 3 aliphatic carbocycles. The molecule has 0 aliphatic heterocycles. The Bertz CT molecular complexity index is 4190. The molecule has 6 aromatic carbocycles. The lowest BCUT2D eigenvalue weighted by Crippen LogP contribution is -2.45.